The van der Waals surface area contributed by atoms with Crippen molar-refractivity contribution in [1.29, 1.82) is 0 Å². The molecule has 3 heterocycles. The number of rotatable bonds is 6. The van der Waals surface area contributed by atoms with Crippen LogP contribution in [0.5, 0.6) is 0 Å². The van der Waals surface area contributed by atoms with Crippen LogP contribution in [0.15, 0.2) is 24.5 Å². The molecule has 4 heteroatoms. The van der Waals surface area contributed by atoms with Crippen molar-refractivity contribution in [1.82, 2.24) is 9.88 Å². The maximum absolute atomic E-state index is 6.10. The van der Waals surface area contributed by atoms with Gasteiger partial charge in [-0.3, -0.25) is 9.88 Å². The molecule has 0 amide bonds. The summed E-state index contributed by atoms with van der Waals surface area (Å²) in [6.07, 6.45) is 7.63. The quantitative estimate of drug-likeness (QED) is 0.803. The number of likely N-dealkylation sites (tertiary alicyclic amines) is 1. The summed E-state index contributed by atoms with van der Waals surface area (Å²) < 4.78 is 12.0. The first kappa shape index (κ1) is 13.7. The van der Waals surface area contributed by atoms with Crippen LogP contribution in [0.4, 0.5) is 0 Å². The van der Waals surface area contributed by atoms with Crippen molar-refractivity contribution in [2.75, 3.05) is 32.9 Å². The fourth-order valence-electron chi connectivity index (χ4n) is 3.60. The Morgan fingerprint density at radius 1 is 1.19 bits per heavy atom. The highest BCUT2D eigenvalue weighted by molar-refractivity contribution is 5.13. The Balaban J connectivity index is 1.27. The average molecular weight is 288 g/mol. The van der Waals surface area contributed by atoms with Crippen LogP contribution in [0.2, 0.25) is 0 Å². The van der Waals surface area contributed by atoms with E-state index >= 15 is 0 Å². The van der Waals surface area contributed by atoms with Gasteiger partial charge >= 0.3 is 0 Å². The van der Waals surface area contributed by atoms with Crippen molar-refractivity contribution < 1.29 is 9.47 Å². The maximum Gasteiger partial charge on any atom is 0.0985 e. The number of pyridine rings is 1. The van der Waals surface area contributed by atoms with Crippen molar-refractivity contribution in [3.63, 3.8) is 0 Å². The highest BCUT2D eigenvalue weighted by Gasteiger charge is 2.52. The average Bonchev–Trinajstić information content (AvgIpc) is 3.19. The van der Waals surface area contributed by atoms with Gasteiger partial charge in [-0.1, -0.05) is 0 Å². The fraction of sp³-hybridized carbons (Fsp3) is 0.706. The molecule has 21 heavy (non-hydrogen) atoms. The number of hydrogen-bond donors (Lipinski definition) is 0. The SMILES string of the molecule is c1cc(CN2CC3(C2)OCC[C@@H]3COCC2CC2)ccn1. The second-order valence-electron chi connectivity index (χ2n) is 6.88. The predicted octanol–water partition coefficient (Wildman–Crippen LogP) is 2.10. The molecule has 2 saturated heterocycles. The molecular formula is C17H24N2O2. The second-order valence-corrected chi connectivity index (χ2v) is 6.88. The van der Waals surface area contributed by atoms with Gasteiger partial charge in [0.2, 0.25) is 0 Å². The number of ether oxygens (including phenoxy) is 2. The zero-order valence-corrected chi connectivity index (χ0v) is 12.5. The molecular weight excluding hydrogens is 264 g/mol. The van der Waals surface area contributed by atoms with Gasteiger partial charge in [0, 0.05) is 51.2 Å². The van der Waals surface area contributed by atoms with E-state index in [1.54, 1.807) is 0 Å². The third-order valence-corrected chi connectivity index (χ3v) is 5.11. The summed E-state index contributed by atoms with van der Waals surface area (Å²) in [5.41, 5.74) is 1.41. The summed E-state index contributed by atoms with van der Waals surface area (Å²) in [6.45, 7) is 5.86. The van der Waals surface area contributed by atoms with Crippen LogP contribution in [0.25, 0.3) is 0 Å². The minimum absolute atomic E-state index is 0.0799. The largest absolute Gasteiger partial charge is 0.381 e. The molecule has 0 aromatic carbocycles. The molecule has 1 aliphatic carbocycles. The molecule has 114 valence electrons. The van der Waals surface area contributed by atoms with E-state index < -0.39 is 0 Å². The smallest absolute Gasteiger partial charge is 0.0985 e. The summed E-state index contributed by atoms with van der Waals surface area (Å²) in [6, 6.07) is 4.19. The molecule has 0 bridgehead atoms. The van der Waals surface area contributed by atoms with E-state index in [2.05, 4.69) is 22.0 Å². The molecule has 4 nitrogen and oxygen atoms in total. The minimum atomic E-state index is 0.0799. The predicted molar refractivity (Wildman–Crippen MR) is 79.8 cm³/mol. The van der Waals surface area contributed by atoms with Gasteiger partial charge in [0.25, 0.3) is 0 Å². The molecule has 4 rings (SSSR count). The summed E-state index contributed by atoms with van der Waals surface area (Å²) in [7, 11) is 0. The lowest BCUT2D eigenvalue weighted by molar-refractivity contribution is -0.146. The Morgan fingerprint density at radius 2 is 2.00 bits per heavy atom. The zero-order valence-electron chi connectivity index (χ0n) is 12.5. The van der Waals surface area contributed by atoms with Crippen LogP contribution >= 0.6 is 0 Å². The van der Waals surface area contributed by atoms with E-state index in [1.165, 1.54) is 18.4 Å². The molecule has 2 aliphatic heterocycles. The highest BCUT2D eigenvalue weighted by Crippen LogP contribution is 2.41. The van der Waals surface area contributed by atoms with E-state index in [4.69, 9.17) is 9.47 Å². The lowest BCUT2D eigenvalue weighted by Crippen LogP contribution is -2.64. The van der Waals surface area contributed by atoms with Crippen LogP contribution < -0.4 is 0 Å². The van der Waals surface area contributed by atoms with Gasteiger partial charge in [-0.25, -0.2) is 0 Å². The first-order valence-corrected chi connectivity index (χ1v) is 8.17. The van der Waals surface area contributed by atoms with E-state index in [0.717, 1.165) is 51.8 Å². The van der Waals surface area contributed by atoms with Gasteiger partial charge in [0.15, 0.2) is 0 Å². The third kappa shape index (κ3) is 2.98. The Labute approximate surface area is 126 Å². The second kappa shape index (κ2) is 5.67. The van der Waals surface area contributed by atoms with Gasteiger partial charge < -0.3 is 9.47 Å². The van der Waals surface area contributed by atoms with E-state index in [9.17, 15) is 0 Å². The molecule has 0 N–H and O–H groups in total. The molecule has 0 radical (unpaired) electrons. The van der Waals surface area contributed by atoms with Crippen LogP contribution in [0.3, 0.4) is 0 Å². The van der Waals surface area contributed by atoms with Gasteiger partial charge in [0.05, 0.1) is 12.2 Å². The summed E-state index contributed by atoms with van der Waals surface area (Å²) in [5, 5.41) is 0. The lowest BCUT2D eigenvalue weighted by atomic mass is 9.81. The summed E-state index contributed by atoms with van der Waals surface area (Å²) in [5.74, 6) is 1.44. The molecule has 0 unspecified atom stereocenters. The fourth-order valence-corrected chi connectivity index (χ4v) is 3.60. The van der Waals surface area contributed by atoms with Gasteiger partial charge in [-0.2, -0.15) is 0 Å². The number of hydrogen-bond acceptors (Lipinski definition) is 4. The minimum Gasteiger partial charge on any atom is -0.381 e. The Bertz CT molecular complexity index is 469. The van der Waals surface area contributed by atoms with Crippen LogP contribution in [0, 0.1) is 11.8 Å². The zero-order chi connectivity index (χ0) is 14.1. The monoisotopic (exact) mass is 288 g/mol. The van der Waals surface area contributed by atoms with Crippen LogP contribution in [0.1, 0.15) is 24.8 Å². The summed E-state index contributed by atoms with van der Waals surface area (Å²) in [4.78, 5) is 6.54. The lowest BCUT2D eigenvalue weighted by Gasteiger charge is -2.50. The van der Waals surface area contributed by atoms with Crippen molar-refractivity contribution >= 4 is 0 Å². The molecule has 1 aromatic heterocycles. The van der Waals surface area contributed by atoms with Gasteiger partial charge in [0.1, 0.15) is 0 Å². The van der Waals surface area contributed by atoms with Crippen molar-refractivity contribution in [2.45, 2.75) is 31.4 Å². The molecule has 1 atom stereocenters. The van der Waals surface area contributed by atoms with E-state index in [0.29, 0.717) is 5.92 Å². The van der Waals surface area contributed by atoms with Crippen molar-refractivity contribution in [2.24, 2.45) is 11.8 Å². The Hall–Kier alpha value is -0.970. The number of nitrogens with zero attached hydrogens (tertiary/aromatic N) is 2. The molecule has 3 aliphatic rings. The first-order valence-electron chi connectivity index (χ1n) is 8.17. The summed E-state index contributed by atoms with van der Waals surface area (Å²) >= 11 is 0. The van der Waals surface area contributed by atoms with Crippen LogP contribution in [-0.2, 0) is 16.0 Å². The van der Waals surface area contributed by atoms with E-state index in [-0.39, 0.29) is 5.60 Å². The highest BCUT2D eigenvalue weighted by atomic mass is 16.5. The van der Waals surface area contributed by atoms with Crippen molar-refractivity contribution in [3.05, 3.63) is 30.1 Å². The van der Waals surface area contributed by atoms with Crippen LogP contribution in [-0.4, -0.2) is 48.4 Å². The first-order chi connectivity index (χ1) is 10.3. The molecule has 1 saturated carbocycles. The van der Waals surface area contributed by atoms with Crippen molar-refractivity contribution in [3.8, 4) is 0 Å². The molecule has 3 fully saturated rings. The maximum atomic E-state index is 6.10. The van der Waals surface area contributed by atoms with E-state index in [1.807, 2.05) is 12.4 Å². The Morgan fingerprint density at radius 3 is 2.76 bits per heavy atom. The molecule has 1 aromatic rings. The third-order valence-electron chi connectivity index (χ3n) is 5.11. The molecule has 1 spiro atoms. The normalized spacial score (nSPS) is 27.9. The number of aromatic nitrogens is 1. The Kier molecular flexibility index (Phi) is 3.69. The topological polar surface area (TPSA) is 34.6 Å². The van der Waals surface area contributed by atoms with Gasteiger partial charge in [-0.05, 0) is 42.9 Å². The standard InChI is InChI=1S/C17H24N2O2/c1-2-15(1)10-20-11-16-5-8-21-17(16)12-19(13-17)9-14-3-6-18-7-4-14/h3-4,6-7,15-16H,1-2,5,8-13H2/t16-/m1/s1. The van der Waals surface area contributed by atoms with Gasteiger partial charge in [-0.15, -0.1) is 0 Å².